The van der Waals surface area contributed by atoms with Crippen molar-refractivity contribution in [3.05, 3.63) is 70.1 Å². The highest BCUT2D eigenvalue weighted by molar-refractivity contribution is 5.15. The second-order valence-corrected chi connectivity index (χ2v) is 5.22. The summed E-state index contributed by atoms with van der Waals surface area (Å²) in [6.45, 7) is 2.83. The first-order valence-corrected chi connectivity index (χ1v) is 7.10. The van der Waals surface area contributed by atoms with Crippen LogP contribution in [0.2, 0.25) is 0 Å². The number of nitrogens with zero attached hydrogens (tertiary/aromatic N) is 2. The predicted molar refractivity (Wildman–Crippen MR) is 84.2 cm³/mol. The molecule has 1 aromatic heterocycles. The molecule has 4 heteroatoms. The number of ether oxygens (including phenoxy) is 1. The lowest BCUT2D eigenvalue weighted by atomic mass is 10.2. The normalized spacial score (nSPS) is 11.0. The highest BCUT2D eigenvalue weighted by atomic mass is 16.5. The summed E-state index contributed by atoms with van der Waals surface area (Å²) >= 11 is 0. The summed E-state index contributed by atoms with van der Waals surface area (Å²) in [5, 5.41) is 0. The smallest absolute Gasteiger partial charge is 0.250 e. The quantitative estimate of drug-likeness (QED) is 0.782. The molecule has 0 aliphatic heterocycles. The van der Waals surface area contributed by atoms with Crippen molar-refractivity contribution < 1.29 is 4.74 Å². The Balaban J connectivity index is 2.00. The average Bonchev–Trinajstić information content (AvgIpc) is 2.48. The van der Waals surface area contributed by atoms with Gasteiger partial charge in [0.1, 0.15) is 0 Å². The first-order valence-electron chi connectivity index (χ1n) is 7.10. The van der Waals surface area contributed by atoms with E-state index in [9.17, 15) is 4.79 Å². The van der Waals surface area contributed by atoms with Gasteiger partial charge in [-0.2, -0.15) is 0 Å². The molecule has 0 N–H and O–H groups in total. The van der Waals surface area contributed by atoms with E-state index in [-0.39, 0.29) is 5.56 Å². The molecule has 0 aliphatic rings. The lowest BCUT2D eigenvalue weighted by Gasteiger charge is -2.17. The Kier molecular flexibility index (Phi) is 5.72. The molecule has 0 unspecified atom stereocenters. The number of hydrogen-bond donors (Lipinski definition) is 0. The molecule has 0 aliphatic carbocycles. The minimum Gasteiger partial charge on any atom is -0.383 e. The lowest BCUT2D eigenvalue weighted by Crippen LogP contribution is -2.23. The summed E-state index contributed by atoms with van der Waals surface area (Å²) in [4.78, 5) is 14.0. The van der Waals surface area contributed by atoms with Gasteiger partial charge in [-0.15, -0.1) is 0 Å². The third-order valence-corrected chi connectivity index (χ3v) is 3.33. The Labute approximate surface area is 125 Å². The molecule has 2 rings (SSSR count). The zero-order valence-corrected chi connectivity index (χ0v) is 12.7. The van der Waals surface area contributed by atoms with Gasteiger partial charge < -0.3 is 9.30 Å². The Bertz CT molecular complexity index is 608. The van der Waals surface area contributed by atoms with Gasteiger partial charge in [0.25, 0.3) is 5.56 Å². The van der Waals surface area contributed by atoms with Crippen molar-refractivity contribution >= 4 is 0 Å². The van der Waals surface area contributed by atoms with Crippen LogP contribution >= 0.6 is 0 Å². The van der Waals surface area contributed by atoms with Crippen LogP contribution in [-0.2, 0) is 24.4 Å². The van der Waals surface area contributed by atoms with E-state index >= 15 is 0 Å². The molecule has 2 aromatic rings. The minimum atomic E-state index is 0.0153. The molecule has 0 radical (unpaired) electrons. The molecule has 0 bridgehead atoms. The van der Waals surface area contributed by atoms with Crippen LogP contribution in [0.5, 0.6) is 0 Å². The minimum absolute atomic E-state index is 0.0153. The Hall–Kier alpha value is -1.91. The third kappa shape index (κ3) is 4.85. The predicted octanol–water partition coefficient (Wildman–Crippen LogP) is 2.13. The Morgan fingerprint density at radius 3 is 2.48 bits per heavy atom. The molecule has 0 amide bonds. The highest BCUT2D eigenvalue weighted by Gasteiger charge is 2.04. The van der Waals surface area contributed by atoms with E-state index in [4.69, 9.17) is 4.74 Å². The molecule has 0 fully saturated rings. The van der Waals surface area contributed by atoms with Gasteiger partial charge in [-0.3, -0.25) is 9.69 Å². The summed E-state index contributed by atoms with van der Waals surface area (Å²) in [6, 6.07) is 13.9. The second-order valence-electron chi connectivity index (χ2n) is 5.22. The third-order valence-electron chi connectivity index (χ3n) is 3.33. The van der Waals surface area contributed by atoms with Crippen LogP contribution < -0.4 is 5.56 Å². The summed E-state index contributed by atoms with van der Waals surface area (Å²) in [5.74, 6) is 0. The summed E-state index contributed by atoms with van der Waals surface area (Å²) in [7, 11) is 3.72. The van der Waals surface area contributed by atoms with Crippen molar-refractivity contribution in [1.82, 2.24) is 9.47 Å². The molecule has 1 aromatic carbocycles. The molecule has 21 heavy (non-hydrogen) atoms. The fourth-order valence-corrected chi connectivity index (χ4v) is 2.30. The maximum atomic E-state index is 11.7. The number of benzene rings is 1. The highest BCUT2D eigenvalue weighted by Crippen LogP contribution is 2.07. The van der Waals surface area contributed by atoms with Crippen LogP contribution in [0.25, 0.3) is 0 Å². The zero-order valence-electron chi connectivity index (χ0n) is 12.7. The fourth-order valence-electron chi connectivity index (χ4n) is 2.30. The van der Waals surface area contributed by atoms with E-state index in [1.54, 1.807) is 17.7 Å². The van der Waals surface area contributed by atoms with Gasteiger partial charge in [-0.05, 0) is 18.2 Å². The van der Waals surface area contributed by atoms with Crippen LogP contribution in [0, 0.1) is 0 Å². The maximum absolute atomic E-state index is 11.7. The average molecular weight is 286 g/mol. The van der Waals surface area contributed by atoms with Crippen LogP contribution in [0.15, 0.2) is 53.5 Å². The van der Waals surface area contributed by atoms with E-state index in [0.29, 0.717) is 13.2 Å². The van der Waals surface area contributed by atoms with Crippen LogP contribution in [-0.4, -0.2) is 30.2 Å². The van der Waals surface area contributed by atoms with Crippen molar-refractivity contribution in [3.8, 4) is 0 Å². The van der Waals surface area contributed by atoms with Crippen LogP contribution in [0.3, 0.4) is 0 Å². The number of pyridine rings is 1. The molecule has 0 atom stereocenters. The molecule has 1 heterocycles. The van der Waals surface area contributed by atoms with E-state index < -0.39 is 0 Å². The topological polar surface area (TPSA) is 34.5 Å². The number of methoxy groups -OCH3 is 1. The Morgan fingerprint density at radius 2 is 1.76 bits per heavy atom. The second kappa shape index (κ2) is 7.76. The first kappa shape index (κ1) is 15.5. The molecule has 112 valence electrons. The van der Waals surface area contributed by atoms with Crippen LogP contribution in [0.1, 0.15) is 11.1 Å². The molecule has 0 saturated carbocycles. The molecular formula is C17H22N2O2. The first-order chi connectivity index (χ1) is 10.2. The van der Waals surface area contributed by atoms with Gasteiger partial charge in [0.05, 0.1) is 6.61 Å². The number of aromatic nitrogens is 1. The molecule has 4 nitrogen and oxygen atoms in total. The summed E-state index contributed by atoms with van der Waals surface area (Å²) in [6.07, 6.45) is 1.92. The molecule has 0 saturated heterocycles. The van der Waals surface area contributed by atoms with Gasteiger partial charge in [0.15, 0.2) is 0 Å². The van der Waals surface area contributed by atoms with Crippen molar-refractivity contribution in [2.24, 2.45) is 0 Å². The van der Waals surface area contributed by atoms with Crippen molar-refractivity contribution in [3.63, 3.8) is 0 Å². The fraction of sp³-hybridized carbons (Fsp3) is 0.353. The van der Waals surface area contributed by atoms with E-state index in [1.807, 2.05) is 30.5 Å². The lowest BCUT2D eigenvalue weighted by molar-refractivity contribution is 0.186. The summed E-state index contributed by atoms with van der Waals surface area (Å²) < 4.78 is 6.73. The maximum Gasteiger partial charge on any atom is 0.250 e. The van der Waals surface area contributed by atoms with Gasteiger partial charge in [0, 0.05) is 39.0 Å². The SMILES string of the molecule is COCCn1cc(CN(C)Cc2ccccc2)ccc1=O. The van der Waals surface area contributed by atoms with E-state index in [0.717, 1.165) is 18.7 Å². The van der Waals surface area contributed by atoms with Crippen LogP contribution in [0.4, 0.5) is 0 Å². The number of rotatable bonds is 7. The van der Waals surface area contributed by atoms with E-state index in [1.165, 1.54) is 5.56 Å². The zero-order chi connectivity index (χ0) is 15.1. The molecular weight excluding hydrogens is 264 g/mol. The summed E-state index contributed by atoms with van der Waals surface area (Å²) in [5.41, 5.74) is 2.43. The van der Waals surface area contributed by atoms with Crippen molar-refractivity contribution in [1.29, 1.82) is 0 Å². The standard InChI is InChI=1S/C17H22N2O2/c1-18(12-15-6-4-3-5-7-15)13-16-8-9-17(20)19(14-16)10-11-21-2/h3-9,14H,10-13H2,1-2H3. The monoisotopic (exact) mass is 286 g/mol. The largest absolute Gasteiger partial charge is 0.383 e. The Morgan fingerprint density at radius 1 is 1.05 bits per heavy atom. The molecule has 0 spiro atoms. The van der Waals surface area contributed by atoms with Gasteiger partial charge in [-0.25, -0.2) is 0 Å². The van der Waals surface area contributed by atoms with Gasteiger partial charge in [0.2, 0.25) is 0 Å². The van der Waals surface area contributed by atoms with Gasteiger partial charge in [-0.1, -0.05) is 36.4 Å². The van der Waals surface area contributed by atoms with Crippen molar-refractivity contribution in [2.75, 3.05) is 20.8 Å². The van der Waals surface area contributed by atoms with Gasteiger partial charge >= 0.3 is 0 Å². The van der Waals surface area contributed by atoms with Crippen molar-refractivity contribution in [2.45, 2.75) is 19.6 Å². The number of hydrogen-bond acceptors (Lipinski definition) is 3. The van der Waals surface area contributed by atoms with E-state index in [2.05, 4.69) is 24.1 Å².